The first-order chi connectivity index (χ1) is 10.1. The van der Waals surface area contributed by atoms with Crippen molar-refractivity contribution in [3.63, 3.8) is 0 Å². The Morgan fingerprint density at radius 1 is 1.29 bits per heavy atom. The van der Waals surface area contributed by atoms with Crippen molar-refractivity contribution in [1.82, 2.24) is 0 Å². The molecule has 0 radical (unpaired) electrons. The van der Waals surface area contributed by atoms with Crippen LogP contribution in [0.5, 0.6) is 0 Å². The van der Waals surface area contributed by atoms with Crippen LogP contribution in [0.15, 0.2) is 30.8 Å². The highest BCUT2D eigenvalue weighted by atomic mass is 16.5. The zero-order valence-corrected chi connectivity index (χ0v) is 12.7. The Hall–Kier alpha value is -1.61. The quantitative estimate of drug-likeness (QED) is 0.797. The van der Waals surface area contributed by atoms with E-state index >= 15 is 0 Å². The number of carbonyl (C=O) groups excluding carboxylic acids is 1. The minimum Gasteiger partial charge on any atom is -0.469 e. The SMILES string of the molecule is C=C(C)c1ccc([C@H]2CC3CC[C@@H](O3)[C@H]2C(=O)OC)cc1. The number of carbonyl (C=O) groups is 1. The summed E-state index contributed by atoms with van der Waals surface area (Å²) in [6, 6.07) is 8.41. The Morgan fingerprint density at radius 3 is 2.62 bits per heavy atom. The first-order valence-electron chi connectivity index (χ1n) is 7.59. The van der Waals surface area contributed by atoms with Gasteiger partial charge in [-0.3, -0.25) is 4.79 Å². The predicted octanol–water partition coefficient (Wildman–Crippen LogP) is 3.54. The number of fused-ring (bicyclic) bond motifs is 2. The van der Waals surface area contributed by atoms with Crippen LogP contribution in [-0.2, 0) is 14.3 Å². The Morgan fingerprint density at radius 2 is 2.00 bits per heavy atom. The van der Waals surface area contributed by atoms with Crippen LogP contribution in [0, 0.1) is 5.92 Å². The summed E-state index contributed by atoms with van der Waals surface area (Å²) in [6.07, 6.45) is 3.23. The Balaban J connectivity index is 1.90. The van der Waals surface area contributed by atoms with Crippen molar-refractivity contribution < 1.29 is 14.3 Å². The molecule has 1 unspecified atom stereocenters. The van der Waals surface area contributed by atoms with Gasteiger partial charge in [-0.1, -0.05) is 36.4 Å². The third-order valence-corrected chi connectivity index (χ3v) is 4.80. The van der Waals surface area contributed by atoms with Crippen molar-refractivity contribution in [2.45, 2.75) is 44.3 Å². The molecule has 3 rings (SSSR count). The molecule has 2 aliphatic heterocycles. The van der Waals surface area contributed by atoms with E-state index in [4.69, 9.17) is 9.47 Å². The second-order valence-electron chi connectivity index (χ2n) is 6.17. The van der Waals surface area contributed by atoms with Gasteiger partial charge in [0.25, 0.3) is 0 Å². The van der Waals surface area contributed by atoms with Crippen LogP contribution in [0.4, 0.5) is 0 Å². The zero-order valence-electron chi connectivity index (χ0n) is 12.7. The minimum atomic E-state index is -0.176. The normalized spacial score (nSPS) is 31.0. The number of methoxy groups -OCH3 is 1. The molecule has 2 heterocycles. The van der Waals surface area contributed by atoms with Crippen molar-refractivity contribution in [2.24, 2.45) is 5.92 Å². The van der Waals surface area contributed by atoms with Gasteiger partial charge in [0, 0.05) is 5.92 Å². The lowest BCUT2D eigenvalue weighted by Gasteiger charge is -2.35. The van der Waals surface area contributed by atoms with Gasteiger partial charge in [-0.2, -0.15) is 0 Å². The Bertz CT molecular complexity index is 546. The van der Waals surface area contributed by atoms with E-state index in [0.29, 0.717) is 6.10 Å². The average molecular weight is 286 g/mol. The molecule has 3 nitrogen and oxygen atoms in total. The van der Waals surface area contributed by atoms with Crippen LogP contribution in [0.1, 0.15) is 43.2 Å². The van der Waals surface area contributed by atoms with E-state index < -0.39 is 0 Å². The van der Waals surface area contributed by atoms with Gasteiger partial charge in [-0.25, -0.2) is 0 Å². The summed E-state index contributed by atoms with van der Waals surface area (Å²) in [5.41, 5.74) is 3.40. The lowest BCUT2D eigenvalue weighted by Crippen LogP contribution is -2.39. The highest BCUT2D eigenvalue weighted by Crippen LogP contribution is 2.45. The molecule has 1 aromatic carbocycles. The predicted molar refractivity (Wildman–Crippen MR) is 81.9 cm³/mol. The highest BCUT2D eigenvalue weighted by Gasteiger charge is 2.47. The van der Waals surface area contributed by atoms with E-state index in [9.17, 15) is 4.79 Å². The van der Waals surface area contributed by atoms with Crippen LogP contribution >= 0.6 is 0 Å². The van der Waals surface area contributed by atoms with Gasteiger partial charge in [0.05, 0.1) is 25.2 Å². The summed E-state index contributed by atoms with van der Waals surface area (Å²) in [5.74, 6) is -0.123. The maximum atomic E-state index is 12.2. The van der Waals surface area contributed by atoms with Gasteiger partial charge in [-0.15, -0.1) is 0 Å². The second-order valence-corrected chi connectivity index (χ2v) is 6.17. The molecule has 0 aromatic heterocycles. The molecule has 0 aliphatic carbocycles. The third-order valence-electron chi connectivity index (χ3n) is 4.80. The largest absolute Gasteiger partial charge is 0.469 e. The summed E-state index contributed by atoms with van der Waals surface area (Å²) in [6.45, 7) is 5.96. The van der Waals surface area contributed by atoms with Crippen LogP contribution in [0.2, 0.25) is 0 Å². The maximum Gasteiger partial charge on any atom is 0.311 e. The molecule has 2 aliphatic rings. The molecule has 0 N–H and O–H groups in total. The van der Waals surface area contributed by atoms with Gasteiger partial charge in [-0.05, 0) is 37.3 Å². The molecule has 2 bridgehead atoms. The molecule has 1 aromatic rings. The summed E-state index contributed by atoms with van der Waals surface area (Å²) >= 11 is 0. The molecule has 2 fully saturated rings. The maximum absolute atomic E-state index is 12.2. The summed E-state index contributed by atoms with van der Waals surface area (Å²) in [5, 5.41) is 0. The molecule has 4 atom stereocenters. The smallest absolute Gasteiger partial charge is 0.311 e. The lowest BCUT2D eigenvalue weighted by molar-refractivity contribution is -0.156. The Labute approximate surface area is 125 Å². The van der Waals surface area contributed by atoms with Crippen LogP contribution < -0.4 is 0 Å². The molecule has 3 heteroatoms. The number of rotatable bonds is 3. The molecular formula is C18H22O3. The van der Waals surface area contributed by atoms with Crippen LogP contribution in [-0.4, -0.2) is 25.3 Å². The van der Waals surface area contributed by atoms with E-state index in [0.717, 1.165) is 30.4 Å². The van der Waals surface area contributed by atoms with Gasteiger partial charge < -0.3 is 9.47 Å². The average Bonchev–Trinajstić information content (AvgIpc) is 2.88. The fraction of sp³-hybridized carbons (Fsp3) is 0.500. The van der Waals surface area contributed by atoms with E-state index in [2.05, 4.69) is 30.8 Å². The number of hydrogen-bond donors (Lipinski definition) is 0. The topological polar surface area (TPSA) is 35.5 Å². The van der Waals surface area contributed by atoms with Gasteiger partial charge >= 0.3 is 5.97 Å². The van der Waals surface area contributed by atoms with E-state index in [-0.39, 0.29) is 23.9 Å². The first kappa shape index (κ1) is 14.3. The first-order valence-corrected chi connectivity index (χ1v) is 7.59. The minimum absolute atomic E-state index is 0.0158. The van der Waals surface area contributed by atoms with Crippen LogP contribution in [0.3, 0.4) is 0 Å². The molecule has 0 amide bonds. The zero-order chi connectivity index (χ0) is 15.0. The van der Waals surface area contributed by atoms with Crippen LogP contribution in [0.25, 0.3) is 5.57 Å². The number of esters is 1. The van der Waals surface area contributed by atoms with Crippen molar-refractivity contribution in [3.8, 4) is 0 Å². The summed E-state index contributed by atoms with van der Waals surface area (Å²) < 4.78 is 11.0. The van der Waals surface area contributed by atoms with E-state index in [1.165, 1.54) is 12.7 Å². The molecule has 2 saturated heterocycles. The van der Waals surface area contributed by atoms with E-state index in [1.807, 2.05) is 6.92 Å². The second kappa shape index (κ2) is 5.64. The summed E-state index contributed by atoms with van der Waals surface area (Å²) in [4.78, 5) is 12.2. The molecular weight excluding hydrogens is 264 g/mol. The van der Waals surface area contributed by atoms with Crippen molar-refractivity contribution >= 4 is 11.5 Å². The number of hydrogen-bond acceptors (Lipinski definition) is 3. The van der Waals surface area contributed by atoms with Gasteiger partial charge in [0.1, 0.15) is 0 Å². The standard InChI is InChI=1S/C18H22O3/c1-11(2)12-4-6-13(7-5-12)15-10-14-8-9-16(21-14)17(15)18(19)20-3/h4-7,14-17H,1,8-10H2,2-3H3/t14?,15-,16-,17+/m1/s1. The van der Waals surface area contributed by atoms with Gasteiger partial charge in [0.15, 0.2) is 0 Å². The molecule has 21 heavy (non-hydrogen) atoms. The fourth-order valence-corrected chi connectivity index (χ4v) is 3.67. The number of ether oxygens (including phenoxy) is 2. The fourth-order valence-electron chi connectivity index (χ4n) is 3.67. The molecule has 112 valence electrons. The molecule has 0 spiro atoms. The Kier molecular flexibility index (Phi) is 3.85. The number of allylic oxidation sites excluding steroid dienone is 1. The van der Waals surface area contributed by atoms with Crippen molar-refractivity contribution in [3.05, 3.63) is 42.0 Å². The summed E-state index contributed by atoms with van der Waals surface area (Å²) in [7, 11) is 1.46. The monoisotopic (exact) mass is 286 g/mol. The van der Waals surface area contributed by atoms with Crippen molar-refractivity contribution in [1.29, 1.82) is 0 Å². The van der Waals surface area contributed by atoms with Crippen molar-refractivity contribution in [2.75, 3.05) is 7.11 Å². The lowest BCUT2D eigenvalue weighted by atomic mass is 9.79. The molecule has 0 saturated carbocycles. The van der Waals surface area contributed by atoms with Gasteiger partial charge in [0.2, 0.25) is 0 Å². The highest BCUT2D eigenvalue weighted by molar-refractivity contribution is 5.75. The van der Waals surface area contributed by atoms with E-state index in [1.54, 1.807) is 0 Å². The third kappa shape index (κ3) is 2.62. The number of benzene rings is 1.